The number of rotatable bonds is 0. The van der Waals surface area contributed by atoms with Gasteiger partial charge in [0.1, 0.15) is 0 Å². The van der Waals surface area contributed by atoms with Crippen LogP contribution in [0.5, 0.6) is 0 Å². The van der Waals surface area contributed by atoms with Crippen LogP contribution in [0.2, 0.25) is 0 Å². The van der Waals surface area contributed by atoms with E-state index in [0.29, 0.717) is 0 Å². The van der Waals surface area contributed by atoms with Gasteiger partial charge in [0.05, 0.1) is 0 Å². The second-order valence-corrected chi connectivity index (χ2v) is 1.28. The number of alkyl halides is 1. The average molecular weight is 114 g/mol. The summed E-state index contributed by atoms with van der Waals surface area (Å²) in [5.74, 6) is 0. The van der Waals surface area contributed by atoms with Crippen molar-refractivity contribution in [2.24, 2.45) is 9.98 Å². The third kappa shape index (κ3) is 0.959. The maximum absolute atomic E-state index is 11.9. The van der Waals surface area contributed by atoms with Crippen molar-refractivity contribution in [2.75, 3.05) is 0 Å². The fourth-order valence-electron chi connectivity index (χ4n) is 0.342. The van der Waals surface area contributed by atoms with Crippen LogP contribution in [0.3, 0.4) is 0 Å². The Hall–Kier alpha value is -1.06. The normalized spacial score (nSPS) is 19.9. The molecule has 42 valence electrons. The summed E-state index contributed by atoms with van der Waals surface area (Å²) >= 11 is 0. The summed E-state index contributed by atoms with van der Waals surface area (Å²) in [6, 6.07) is -0.640. The van der Waals surface area contributed by atoms with Crippen LogP contribution in [0, 0.1) is 0 Å². The van der Waals surface area contributed by atoms with Gasteiger partial charge in [0.25, 0.3) is 0 Å². The van der Waals surface area contributed by atoms with Gasteiger partial charge in [-0.2, -0.15) is 0 Å². The Bertz CT molecular complexity index is 147. The largest absolute Gasteiger partial charge is 0.366 e. The van der Waals surface area contributed by atoms with Gasteiger partial charge in [-0.3, -0.25) is 0 Å². The lowest BCUT2D eigenvalue weighted by molar-refractivity contribution is 0.256. The molecular formula is C4H3FN2O. The molecule has 0 saturated heterocycles. The molecule has 0 aliphatic carbocycles. The third-order valence-corrected chi connectivity index (χ3v) is 0.655. The van der Waals surface area contributed by atoms with E-state index in [1.54, 1.807) is 0 Å². The highest BCUT2D eigenvalue weighted by molar-refractivity contribution is 6.02. The number of hydrogen-bond acceptors (Lipinski definition) is 1. The van der Waals surface area contributed by atoms with Crippen LogP contribution in [-0.2, 0) is 0 Å². The number of hydrogen-bond donors (Lipinski definition) is 0. The minimum Gasteiger partial charge on any atom is -0.244 e. The Morgan fingerprint density at radius 2 is 2.00 bits per heavy atom. The van der Waals surface area contributed by atoms with Crippen LogP contribution < -0.4 is 0 Å². The number of halogens is 1. The van der Waals surface area contributed by atoms with Gasteiger partial charge in [0, 0.05) is 12.4 Å². The molecule has 0 aromatic heterocycles. The SMILES string of the molecule is O=C1N=CC(F)C=N1. The highest BCUT2D eigenvalue weighted by Crippen LogP contribution is 1.91. The predicted molar refractivity (Wildman–Crippen MR) is 27.3 cm³/mol. The van der Waals surface area contributed by atoms with Gasteiger partial charge in [0.2, 0.25) is 0 Å². The maximum Gasteiger partial charge on any atom is 0.366 e. The maximum atomic E-state index is 11.9. The first-order chi connectivity index (χ1) is 3.79. The fraction of sp³-hybridized carbons (Fsp3) is 0.250. The summed E-state index contributed by atoms with van der Waals surface area (Å²) in [5.41, 5.74) is 0. The summed E-state index contributed by atoms with van der Waals surface area (Å²) in [7, 11) is 0. The van der Waals surface area contributed by atoms with Gasteiger partial charge in [0.15, 0.2) is 6.17 Å². The van der Waals surface area contributed by atoms with Crippen molar-refractivity contribution in [1.29, 1.82) is 0 Å². The van der Waals surface area contributed by atoms with Crippen LogP contribution in [-0.4, -0.2) is 24.6 Å². The lowest BCUT2D eigenvalue weighted by Gasteiger charge is -1.94. The van der Waals surface area contributed by atoms with Crippen molar-refractivity contribution in [3.8, 4) is 0 Å². The Morgan fingerprint density at radius 1 is 1.50 bits per heavy atom. The van der Waals surface area contributed by atoms with E-state index in [-0.39, 0.29) is 0 Å². The van der Waals surface area contributed by atoms with Gasteiger partial charge in [-0.25, -0.2) is 19.2 Å². The number of aliphatic imine (C=N–C) groups is 2. The van der Waals surface area contributed by atoms with E-state index in [0.717, 1.165) is 12.4 Å². The van der Waals surface area contributed by atoms with Crippen molar-refractivity contribution >= 4 is 18.5 Å². The second-order valence-electron chi connectivity index (χ2n) is 1.28. The first-order valence-electron chi connectivity index (χ1n) is 2.05. The van der Waals surface area contributed by atoms with Crippen LogP contribution in [0.1, 0.15) is 0 Å². The Labute approximate surface area is 44.9 Å². The number of carbonyl (C=O) groups is 1. The van der Waals surface area contributed by atoms with Crippen molar-refractivity contribution < 1.29 is 9.18 Å². The van der Waals surface area contributed by atoms with E-state index < -0.39 is 12.2 Å². The van der Waals surface area contributed by atoms with E-state index in [1.807, 2.05) is 0 Å². The Kier molecular flexibility index (Phi) is 1.15. The first kappa shape index (κ1) is 5.08. The lowest BCUT2D eigenvalue weighted by Crippen LogP contribution is -2.09. The molecule has 1 aliphatic heterocycles. The Morgan fingerprint density at radius 3 is 2.38 bits per heavy atom. The van der Waals surface area contributed by atoms with Crippen molar-refractivity contribution in [3.63, 3.8) is 0 Å². The van der Waals surface area contributed by atoms with Gasteiger partial charge in [-0.1, -0.05) is 0 Å². The van der Waals surface area contributed by atoms with E-state index in [1.165, 1.54) is 0 Å². The standard InChI is InChI=1S/C4H3FN2O/c5-3-1-6-4(8)7-2-3/h1-3H. The van der Waals surface area contributed by atoms with Crippen molar-refractivity contribution in [1.82, 2.24) is 0 Å². The highest BCUT2D eigenvalue weighted by atomic mass is 19.1. The second kappa shape index (κ2) is 1.81. The van der Waals surface area contributed by atoms with Gasteiger partial charge in [-0.05, 0) is 0 Å². The number of amides is 2. The van der Waals surface area contributed by atoms with E-state index >= 15 is 0 Å². The first-order valence-corrected chi connectivity index (χ1v) is 2.05. The number of nitrogens with zero attached hydrogens (tertiary/aromatic N) is 2. The monoisotopic (exact) mass is 114 g/mol. The van der Waals surface area contributed by atoms with Crippen LogP contribution in [0.15, 0.2) is 9.98 Å². The molecule has 8 heavy (non-hydrogen) atoms. The van der Waals surface area contributed by atoms with Crippen LogP contribution in [0.4, 0.5) is 9.18 Å². The molecule has 0 aromatic carbocycles. The van der Waals surface area contributed by atoms with Gasteiger partial charge >= 0.3 is 6.03 Å². The molecule has 0 fully saturated rings. The highest BCUT2D eigenvalue weighted by Gasteiger charge is 2.04. The molecule has 1 rings (SSSR count). The summed E-state index contributed by atoms with van der Waals surface area (Å²) in [6.07, 6.45) is 0.540. The molecule has 1 aliphatic rings. The molecule has 0 aromatic rings. The zero-order valence-electron chi connectivity index (χ0n) is 3.91. The molecule has 0 unspecified atom stereocenters. The number of carbonyl (C=O) groups excluding carboxylic acids is 1. The minimum atomic E-state index is -1.28. The fourth-order valence-corrected chi connectivity index (χ4v) is 0.342. The molecular weight excluding hydrogens is 111 g/mol. The summed E-state index contributed by atoms with van der Waals surface area (Å²) in [6.45, 7) is 0. The quantitative estimate of drug-likeness (QED) is 0.454. The van der Waals surface area contributed by atoms with Crippen LogP contribution >= 0.6 is 0 Å². The molecule has 3 nitrogen and oxygen atoms in total. The topological polar surface area (TPSA) is 41.8 Å². The molecule has 4 heteroatoms. The number of urea groups is 1. The zero-order valence-corrected chi connectivity index (χ0v) is 3.91. The molecule has 0 saturated carbocycles. The molecule has 0 N–H and O–H groups in total. The minimum absolute atomic E-state index is 0.640. The molecule has 2 amide bonds. The van der Waals surface area contributed by atoms with Crippen molar-refractivity contribution in [2.45, 2.75) is 6.17 Å². The average Bonchev–Trinajstić information content (AvgIpc) is 1.77. The predicted octanol–water partition coefficient (Wildman–Crippen LogP) is 0.600. The van der Waals surface area contributed by atoms with Gasteiger partial charge < -0.3 is 0 Å². The molecule has 1 heterocycles. The van der Waals surface area contributed by atoms with E-state index in [2.05, 4.69) is 9.98 Å². The summed E-state index contributed by atoms with van der Waals surface area (Å²) in [5, 5.41) is 0. The molecule has 0 bridgehead atoms. The molecule has 0 radical (unpaired) electrons. The lowest BCUT2D eigenvalue weighted by atomic mass is 10.4. The van der Waals surface area contributed by atoms with Gasteiger partial charge in [-0.15, -0.1) is 0 Å². The molecule has 0 spiro atoms. The Balaban J connectivity index is 2.68. The summed E-state index contributed by atoms with van der Waals surface area (Å²) < 4.78 is 11.9. The summed E-state index contributed by atoms with van der Waals surface area (Å²) in [4.78, 5) is 16.2. The van der Waals surface area contributed by atoms with E-state index in [4.69, 9.17) is 0 Å². The van der Waals surface area contributed by atoms with E-state index in [9.17, 15) is 9.18 Å². The van der Waals surface area contributed by atoms with Crippen molar-refractivity contribution in [3.05, 3.63) is 0 Å². The van der Waals surface area contributed by atoms with Crippen LogP contribution in [0.25, 0.3) is 0 Å². The molecule has 0 atom stereocenters. The smallest absolute Gasteiger partial charge is 0.244 e. The third-order valence-electron chi connectivity index (χ3n) is 0.655. The zero-order chi connectivity index (χ0) is 5.98.